The Hall–Kier alpha value is -1.89. The molecule has 0 amide bonds. The van der Waals surface area contributed by atoms with Crippen molar-refractivity contribution in [1.29, 1.82) is 0 Å². The number of pyridine rings is 1. The highest BCUT2D eigenvalue weighted by Crippen LogP contribution is 2.30. The Labute approximate surface area is 152 Å². The van der Waals surface area contributed by atoms with Gasteiger partial charge in [-0.15, -0.1) is 11.8 Å². The maximum absolute atomic E-state index is 12.0. The SMILES string of the molecule is CSc1ccccc1[C@@H](C(=O)O)N1CCN(Cc2ccccn2)CC1. The molecule has 2 aromatic rings. The van der Waals surface area contributed by atoms with Crippen LogP contribution in [0, 0.1) is 0 Å². The van der Waals surface area contributed by atoms with Crippen LogP contribution in [0.5, 0.6) is 0 Å². The lowest BCUT2D eigenvalue weighted by molar-refractivity contribution is -0.144. The Kier molecular flexibility index (Phi) is 6.07. The Morgan fingerprint density at radius 1 is 1.16 bits per heavy atom. The molecular weight excluding hydrogens is 334 g/mol. The Bertz CT molecular complexity index is 703. The summed E-state index contributed by atoms with van der Waals surface area (Å²) in [6.07, 6.45) is 3.80. The van der Waals surface area contributed by atoms with Gasteiger partial charge in [0.1, 0.15) is 6.04 Å². The zero-order chi connectivity index (χ0) is 17.6. The van der Waals surface area contributed by atoms with Gasteiger partial charge in [0, 0.05) is 43.8 Å². The summed E-state index contributed by atoms with van der Waals surface area (Å²) < 4.78 is 0. The summed E-state index contributed by atoms with van der Waals surface area (Å²) >= 11 is 1.60. The van der Waals surface area contributed by atoms with E-state index in [9.17, 15) is 9.90 Å². The van der Waals surface area contributed by atoms with E-state index in [1.165, 1.54) is 0 Å². The monoisotopic (exact) mass is 357 g/mol. The van der Waals surface area contributed by atoms with Crippen LogP contribution in [0.3, 0.4) is 0 Å². The van der Waals surface area contributed by atoms with E-state index in [1.807, 2.05) is 54.9 Å². The van der Waals surface area contributed by atoms with Gasteiger partial charge in [-0.3, -0.25) is 19.6 Å². The first-order valence-corrected chi connectivity index (χ1v) is 9.63. The van der Waals surface area contributed by atoms with Crippen molar-refractivity contribution in [1.82, 2.24) is 14.8 Å². The summed E-state index contributed by atoms with van der Waals surface area (Å²) in [5, 5.41) is 9.83. The lowest BCUT2D eigenvalue weighted by Gasteiger charge is -2.38. The fraction of sp³-hybridized carbons (Fsp3) is 0.368. The van der Waals surface area contributed by atoms with Crippen LogP contribution in [-0.4, -0.2) is 58.3 Å². The number of benzene rings is 1. The van der Waals surface area contributed by atoms with Crippen molar-refractivity contribution in [2.45, 2.75) is 17.5 Å². The first-order chi connectivity index (χ1) is 12.2. The van der Waals surface area contributed by atoms with E-state index in [0.717, 1.165) is 48.9 Å². The number of carbonyl (C=O) groups is 1. The van der Waals surface area contributed by atoms with Crippen molar-refractivity contribution in [3.05, 3.63) is 59.9 Å². The van der Waals surface area contributed by atoms with E-state index in [0.29, 0.717) is 0 Å². The highest BCUT2D eigenvalue weighted by molar-refractivity contribution is 7.98. The molecule has 1 fully saturated rings. The van der Waals surface area contributed by atoms with Crippen molar-refractivity contribution < 1.29 is 9.90 Å². The van der Waals surface area contributed by atoms with Crippen LogP contribution in [0.15, 0.2) is 53.6 Å². The van der Waals surface area contributed by atoms with Crippen molar-refractivity contribution >= 4 is 17.7 Å². The average molecular weight is 357 g/mol. The second kappa shape index (κ2) is 8.47. The Morgan fingerprint density at radius 3 is 2.52 bits per heavy atom. The number of aliphatic carboxylic acids is 1. The number of piperazine rings is 1. The van der Waals surface area contributed by atoms with Gasteiger partial charge in [-0.2, -0.15) is 0 Å². The quantitative estimate of drug-likeness (QED) is 0.803. The van der Waals surface area contributed by atoms with Crippen LogP contribution in [0.1, 0.15) is 17.3 Å². The molecule has 25 heavy (non-hydrogen) atoms. The summed E-state index contributed by atoms with van der Waals surface area (Å²) in [6, 6.07) is 13.2. The summed E-state index contributed by atoms with van der Waals surface area (Å²) in [7, 11) is 0. The molecule has 2 heterocycles. The number of nitrogens with zero attached hydrogens (tertiary/aromatic N) is 3. The molecule has 6 heteroatoms. The second-order valence-corrected chi connectivity index (χ2v) is 6.96. The number of carboxylic acid groups (broad SMARTS) is 1. The summed E-state index contributed by atoms with van der Waals surface area (Å²) in [5.74, 6) is -0.778. The van der Waals surface area contributed by atoms with Gasteiger partial charge in [-0.25, -0.2) is 0 Å². The number of hydrogen-bond acceptors (Lipinski definition) is 5. The van der Waals surface area contributed by atoms with Gasteiger partial charge in [-0.1, -0.05) is 24.3 Å². The standard InChI is InChI=1S/C19H23N3O2S/c1-25-17-8-3-2-7-16(17)18(19(23)24)22-12-10-21(11-13-22)14-15-6-4-5-9-20-15/h2-9,18H,10-14H2,1H3,(H,23,24)/t18-/m0/s1. The highest BCUT2D eigenvalue weighted by atomic mass is 32.2. The molecule has 1 aliphatic rings. The third-order valence-electron chi connectivity index (χ3n) is 4.55. The van der Waals surface area contributed by atoms with Crippen LogP contribution in [0.2, 0.25) is 0 Å². The minimum absolute atomic E-state index is 0.583. The highest BCUT2D eigenvalue weighted by Gasteiger charge is 2.31. The molecule has 1 aromatic heterocycles. The largest absolute Gasteiger partial charge is 0.480 e. The molecule has 1 aromatic carbocycles. The number of thioether (sulfide) groups is 1. The molecule has 1 aliphatic heterocycles. The van der Waals surface area contributed by atoms with E-state index < -0.39 is 12.0 Å². The van der Waals surface area contributed by atoms with Crippen LogP contribution in [0.4, 0.5) is 0 Å². The van der Waals surface area contributed by atoms with Crippen LogP contribution >= 0.6 is 11.8 Å². The van der Waals surface area contributed by atoms with Gasteiger partial charge in [0.2, 0.25) is 0 Å². The lowest BCUT2D eigenvalue weighted by atomic mass is 10.0. The van der Waals surface area contributed by atoms with Crippen molar-refractivity contribution in [3.8, 4) is 0 Å². The summed E-state index contributed by atoms with van der Waals surface area (Å²) in [4.78, 5) is 21.8. The van der Waals surface area contributed by atoms with Crippen molar-refractivity contribution in [3.63, 3.8) is 0 Å². The predicted octanol–water partition coefficient (Wildman–Crippen LogP) is 2.75. The number of hydrogen-bond donors (Lipinski definition) is 1. The topological polar surface area (TPSA) is 56.7 Å². The number of aromatic nitrogens is 1. The fourth-order valence-electron chi connectivity index (χ4n) is 3.28. The minimum atomic E-state index is -0.778. The molecule has 5 nitrogen and oxygen atoms in total. The Morgan fingerprint density at radius 2 is 1.88 bits per heavy atom. The summed E-state index contributed by atoms with van der Waals surface area (Å²) in [6.45, 7) is 4.00. The molecule has 0 radical (unpaired) electrons. The van der Waals surface area contributed by atoms with E-state index >= 15 is 0 Å². The lowest BCUT2D eigenvalue weighted by Crippen LogP contribution is -2.49. The maximum Gasteiger partial charge on any atom is 0.325 e. The first-order valence-electron chi connectivity index (χ1n) is 8.41. The molecule has 1 saturated heterocycles. The zero-order valence-electron chi connectivity index (χ0n) is 14.3. The van der Waals surface area contributed by atoms with Gasteiger partial charge in [-0.05, 0) is 30.0 Å². The number of rotatable bonds is 6. The van der Waals surface area contributed by atoms with Crippen molar-refractivity contribution in [2.75, 3.05) is 32.4 Å². The van der Waals surface area contributed by atoms with Crippen LogP contribution in [0.25, 0.3) is 0 Å². The van der Waals surface area contributed by atoms with Crippen molar-refractivity contribution in [2.24, 2.45) is 0 Å². The van der Waals surface area contributed by atoms with Gasteiger partial charge in [0.05, 0.1) is 5.69 Å². The van der Waals surface area contributed by atoms with E-state index in [-0.39, 0.29) is 0 Å². The predicted molar refractivity (Wildman–Crippen MR) is 99.7 cm³/mol. The molecule has 0 unspecified atom stereocenters. The maximum atomic E-state index is 12.0. The molecule has 0 saturated carbocycles. The van der Waals surface area contributed by atoms with Gasteiger partial charge >= 0.3 is 5.97 Å². The number of carboxylic acids is 1. The first kappa shape index (κ1) is 17.9. The van der Waals surface area contributed by atoms with E-state index in [1.54, 1.807) is 11.8 Å². The third-order valence-corrected chi connectivity index (χ3v) is 5.36. The molecule has 0 spiro atoms. The van der Waals surface area contributed by atoms with E-state index in [4.69, 9.17) is 0 Å². The Balaban J connectivity index is 1.68. The third kappa shape index (κ3) is 4.39. The minimum Gasteiger partial charge on any atom is -0.480 e. The molecule has 1 atom stereocenters. The zero-order valence-corrected chi connectivity index (χ0v) is 15.2. The van der Waals surface area contributed by atoms with Gasteiger partial charge in [0.25, 0.3) is 0 Å². The van der Waals surface area contributed by atoms with Crippen LogP contribution in [-0.2, 0) is 11.3 Å². The van der Waals surface area contributed by atoms with Gasteiger partial charge < -0.3 is 5.11 Å². The molecule has 0 bridgehead atoms. The molecule has 3 rings (SSSR count). The fourth-order valence-corrected chi connectivity index (χ4v) is 3.91. The van der Waals surface area contributed by atoms with Gasteiger partial charge in [0.15, 0.2) is 0 Å². The molecular formula is C19H23N3O2S. The second-order valence-electron chi connectivity index (χ2n) is 6.12. The molecule has 132 valence electrons. The smallest absolute Gasteiger partial charge is 0.325 e. The van der Waals surface area contributed by atoms with Crippen LogP contribution < -0.4 is 0 Å². The average Bonchev–Trinajstić information content (AvgIpc) is 2.64. The summed E-state index contributed by atoms with van der Waals surface area (Å²) in [5.41, 5.74) is 1.94. The molecule has 0 aliphatic carbocycles. The normalized spacial score (nSPS) is 17.3. The van der Waals surface area contributed by atoms with E-state index in [2.05, 4.69) is 14.8 Å². The molecule has 1 N–H and O–H groups in total.